The molecule has 1 rings (SSSR count). The second kappa shape index (κ2) is 3.64. The maximum Gasteiger partial charge on any atom is 0.147 e. The molecular weight excluding hydrogens is 283 g/mol. The molecule has 0 saturated carbocycles. The minimum Gasteiger partial charge on any atom is -0.244 e. The van der Waals surface area contributed by atoms with Gasteiger partial charge in [0, 0.05) is 5.33 Å². The molecule has 0 unspecified atom stereocenters. The van der Waals surface area contributed by atoms with Crippen molar-refractivity contribution in [1.82, 2.24) is 9.97 Å². The summed E-state index contributed by atoms with van der Waals surface area (Å²) in [6.45, 7) is 0. The van der Waals surface area contributed by atoms with E-state index in [0.717, 1.165) is 10.3 Å². The summed E-state index contributed by atoms with van der Waals surface area (Å²) < 4.78 is 0.730. The number of rotatable bonds is 1. The van der Waals surface area contributed by atoms with E-state index in [2.05, 4.69) is 41.8 Å². The van der Waals surface area contributed by atoms with Crippen LogP contribution < -0.4 is 0 Å². The summed E-state index contributed by atoms with van der Waals surface area (Å²) in [6.07, 6.45) is 1.50. The van der Waals surface area contributed by atoms with Crippen molar-refractivity contribution in [1.29, 1.82) is 0 Å². The Morgan fingerprint density at radius 3 is 2.80 bits per heavy atom. The van der Waals surface area contributed by atoms with Gasteiger partial charge in [0.1, 0.15) is 9.76 Å². The van der Waals surface area contributed by atoms with Crippen molar-refractivity contribution in [3.05, 3.63) is 21.6 Å². The van der Waals surface area contributed by atoms with Gasteiger partial charge >= 0.3 is 0 Å². The monoisotopic (exact) mass is 284 g/mol. The zero-order valence-corrected chi connectivity index (χ0v) is 8.74. The molecule has 0 aliphatic carbocycles. The third-order valence-electron chi connectivity index (χ3n) is 0.891. The van der Waals surface area contributed by atoms with E-state index in [-0.39, 0.29) is 0 Å². The molecule has 1 aromatic rings. The van der Waals surface area contributed by atoms with Crippen molar-refractivity contribution in [3.63, 3.8) is 0 Å². The van der Waals surface area contributed by atoms with Crippen LogP contribution in [0.15, 0.2) is 10.8 Å². The number of hydrogen-bond donors (Lipinski definition) is 0. The van der Waals surface area contributed by atoms with Crippen LogP contribution in [0.25, 0.3) is 0 Å². The Bertz CT molecular complexity index is 241. The van der Waals surface area contributed by atoms with Crippen molar-refractivity contribution in [2.45, 2.75) is 5.33 Å². The molecule has 5 heteroatoms. The van der Waals surface area contributed by atoms with Gasteiger partial charge in [-0.15, -0.1) is 0 Å². The molecule has 0 spiro atoms. The van der Waals surface area contributed by atoms with E-state index < -0.39 is 0 Å². The Labute approximate surface area is 80.3 Å². The summed E-state index contributed by atoms with van der Waals surface area (Å²) in [4.78, 5) is 7.94. The lowest BCUT2D eigenvalue weighted by Gasteiger charge is -1.96. The van der Waals surface area contributed by atoms with E-state index in [4.69, 9.17) is 11.6 Å². The van der Waals surface area contributed by atoms with Crippen molar-refractivity contribution in [2.24, 2.45) is 0 Å². The SMILES string of the molecule is Clc1cnc(Br)c(CBr)n1. The minimum absolute atomic E-state index is 0.414. The van der Waals surface area contributed by atoms with Gasteiger partial charge in [-0.25, -0.2) is 9.97 Å². The van der Waals surface area contributed by atoms with E-state index in [0.29, 0.717) is 10.5 Å². The molecule has 1 aromatic heterocycles. The standard InChI is InChI=1S/C5H3Br2ClN2/c6-1-3-5(7)9-2-4(8)10-3/h2H,1H2. The van der Waals surface area contributed by atoms with Crippen LogP contribution in [0.3, 0.4) is 0 Å². The summed E-state index contributed by atoms with van der Waals surface area (Å²) >= 11 is 12.1. The van der Waals surface area contributed by atoms with E-state index in [1.165, 1.54) is 6.20 Å². The van der Waals surface area contributed by atoms with Crippen LogP contribution in [0.2, 0.25) is 5.15 Å². The van der Waals surface area contributed by atoms with Crippen molar-refractivity contribution >= 4 is 43.5 Å². The number of hydrogen-bond acceptors (Lipinski definition) is 2. The van der Waals surface area contributed by atoms with Gasteiger partial charge in [0.25, 0.3) is 0 Å². The third kappa shape index (κ3) is 1.90. The van der Waals surface area contributed by atoms with E-state index in [1.54, 1.807) is 0 Å². The maximum atomic E-state index is 5.58. The van der Waals surface area contributed by atoms with Crippen LogP contribution in [0.5, 0.6) is 0 Å². The van der Waals surface area contributed by atoms with Gasteiger partial charge in [-0.3, -0.25) is 0 Å². The lowest BCUT2D eigenvalue weighted by Crippen LogP contribution is -1.89. The van der Waals surface area contributed by atoms with Gasteiger partial charge in [-0.2, -0.15) is 0 Å². The Kier molecular flexibility index (Phi) is 3.07. The summed E-state index contributed by atoms with van der Waals surface area (Å²) in [5.74, 6) is 0. The molecule has 10 heavy (non-hydrogen) atoms. The Morgan fingerprint density at radius 2 is 2.30 bits per heavy atom. The highest BCUT2D eigenvalue weighted by Gasteiger charge is 2.00. The summed E-state index contributed by atoms with van der Waals surface area (Å²) in [6, 6.07) is 0. The van der Waals surface area contributed by atoms with Crippen molar-refractivity contribution in [3.8, 4) is 0 Å². The molecule has 0 radical (unpaired) electrons. The van der Waals surface area contributed by atoms with Crippen LogP contribution in [0, 0.1) is 0 Å². The van der Waals surface area contributed by atoms with E-state index in [1.807, 2.05) is 0 Å². The lowest BCUT2D eigenvalue weighted by atomic mass is 10.5. The van der Waals surface area contributed by atoms with Crippen LogP contribution in [-0.2, 0) is 5.33 Å². The van der Waals surface area contributed by atoms with Gasteiger partial charge in [0.2, 0.25) is 0 Å². The fourth-order valence-corrected chi connectivity index (χ4v) is 1.72. The Hall–Kier alpha value is 0.330. The molecule has 1 heterocycles. The van der Waals surface area contributed by atoms with Gasteiger partial charge < -0.3 is 0 Å². The first kappa shape index (κ1) is 8.43. The zero-order valence-electron chi connectivity index (χ0n) is 4.81. The van der Waals surface area contributed by atoms with Gasteiger partial charge in [-0.05, 0) is 15.9 Å². The molecular formula is C5H3Br2ClN2. The first-order valence-electron chi connectivity index (χ1n) is 2.47. The number of aromatic nitrogens is 2. The number of halogens is 3. The molecule has 0 aromatic carbocycles. The first-order valence-corrected chi connectivity index (χ1v) is 4.76. The Morgan fingerprint density at radius 1 is 1.60 bits per heavy atom. The largest absolute Gasteiger partial charge is 0.244 e. The normalized spacial score (nSPS) is 9.90. The maximum absolute atomic E-state index is 5.58. The average Bonchev–Trinajstić information content (AvgIpc) is 1.94. The highest BCUT2D eigenvalue weighted by molar-refractivity contribution is 9.10. The van der Waals surface area contributed by atoms with Crippen molar-refractivity contribution in [2.75, 3.05) is 0 Å². The summed E-state index contributed by atoms with van der Waals surface area (Å²) in [7, 11) is 0. The molecule has 0 amide bonds. The van der Waals surface area contributed by atoms with Crippen LogP contribution >= 0.6 is 43.5 Å². The minimum atomic E-state index is 0.414. The smallest absolute Gasteiger partial charge is 0.147 e. The quantitative estimate of drug-likeness (QED) is 0.742. The van der Waals surface area contributed by atoms with Crippen LogP contribution in [0.4, 0.5) is 0 Å². The van der Waals surface area contributed by atoms with E-state index in [9.17, 15) is 0 Å². The van der Waals surface area contributed by atoms with Gasteiger partial charge in [-0.1, -0.05) is 27.5 Å². The molecule has 54 valence electrons. The molecule has 0 bridgehead atoms. The zero-order chi connectivity index (χ0) is 7.56. The highest BCUT2D eigenvalue weighted by Crippen LogP contribution is 2.15. The number of nitrogens with zero attached hydrogens (tertiary/aromatic N) is 2. The van der Waals surface area contributed by atoms with Gasteiger partial charge in [0.05, 0.1) is 11.9 Å². The first-order chi connectivity index (χ1) is 4.74. The molecule has 0 fully saturated rings. The average molecular weight is 286 g/mol. The predicted molar refractivity (Wildman–Crippen MR) is 47.4 cm³/mol. The second-order valence-corrected chi connectivity index (χ2v) is 3.26. The second-order valence-electron chi connectivity index (χ2n) is 1.56. The highest BCUT2D eigenvalue weighted by atomic mass is 79.9. The molecule has 0 atom stereocenters. The fraction of sp³-hybridized carbons (Fsp3) is 0.200. The van der Waals surface area contributed by atoms with Gasteiger partial charge in [0.15, 0.2) is 0 Å². The number of alkyl halides is 1. The Balaban J connectivity index is 3.09. The van der Waals surface area contributed by atoms with Crippen LogP contribution in [0.1, 0.15) is 5.69 Å². The topological polar surface area (TPSA) is 25.8 Å². The molecule has 0 saturated heterocycles. The lowest BCUT2D eigenvalue weighted by molar-refractivity contribution is 1.07. The molecule has 0 aliphatic heterocycles. The summed E-state index contributed by atoms with van der Waals surface area (Å²) in [5, 5.41) is 1.07. The third-order valence-corrected chi connectivity index (χ3v) is 2.27. The molecule has 0 N–H and O–H groups in total. The fourth-order valence-electron chi connectivity index (χ4n) is 0.473. The van der Waals surface area contributed by atoms with Crippen molar-refractivity contribution < 1.29 is 0 Å². The summed E-state index contributed by atoms with van der Waals surface area (Å²) in [5.41, 5.74) is 0.813. The van der Waals surface area contributed by atoms with E-state index >= 15 is 0 Å². The molecule has 2 nitrogen and oxygen atoms in total. The predicted octanol–water partition coefficient (Wildman–Crippen LogP) is 2.79. The molecule has 0 aliphatic rings. The van der Waals surface area contributed by atoms with Crippen LogP contribution in [-0.4, -0.2) is 9.97 Å².